The summed E-state index contributed by atoms with van der Waals surface area (Å²) in [4.78, 5) is 11.7. The van der Waals surface area contributed by atoms with Crippen LogP contribution >= 0.6 is 11.8 Å². The summed E-state index contributed by atoms with van der Waals surface area (Å²) in [5.41, 5.74) is 5.53. The van der Waals surface area contributed by atoms with Gasteiger partial charge in [0, 0.05) is 5.75 Å². The summed E-state index contributed by atoms with van der Waals surface area (Å²) in [7, 11) is 0. The lowest BCUT2D eigenvalue weighted by molar-refractivity contribution is -0.115. The molecular formula is C10H19NOS. The smallest absolute Gasteiger partial charge is 0.208 e. The first kappa shape index (κ1) is 11.1. The quantitative estimate of drug-likeness (QED) is 0.761. The second kappa shape index (κ2) is 4.47. The summed E-state index contributed by atoms with van der Waals surface area (Å²) < 4.78 is 0. The van der Waals surface area contributed by atoms with E-state index in [0.717, 1.165) is 31.4 Å². The summed E-state index contributed by atoms with van der Waals surface area (Å²) in [5, 5.41) is 0.207. The Bertz CT molecular complexity index is 185. The molecule has 0 aromatic rings. The Kier molecular flexibility index (Phi) is 3.80. The molecule has 3 heteroatoms. The highest BCUT2D eigenvalue weighted by Gasteiger charge is 2.36. The topological polar surface area (TPSA) is 43.1 Å². The van der Waals surface area contributed by atoms with Gasteiger partial charge in [-0.15, -0.1) is 0 Å². The summed E-state index contributed by atoms with van der Waals surface area (Å²) in [5.74, 6) is 1.47. The van der Waals surface area contributed by atoms with Crippen LogP contribution in [0.2, 0.25) is 0 Å². The van der Waals surface area contributed by atoms with E-state index in [-0.39, 0.29) is 5.12 Å². The predicted octanol–water partition coefficient (Wildman–Crippen LogP) is 2.17. The van der Waals surface area contributed by atoms with Crippen LogP contribution in [-0.2, 0) is 4.79 Å². The monoisotopic (exact) mass is 201 g/mol. The zero-order chi connectivity index (χ0) is 9.90. The Balaban J connectivity index is 2.38. The second-order valence-corrected chi connectivity index (χ2v) is 5.35. The number of hydrogen-bond donors (Lipinski definition) is 1. The third-order valence-electron chi connectivity index (χ3n) is 2.45. The molecule has 1 fully saturated rings. The fraction of sp³-hybridized carbons (Fsp3) is 0.900. The van der Waals surface area contributed by atoms with Gasteiger partial charge in [0.2, 0.25) is 5.12 Å². The molecule has 0 spiro atoms. The molecule has 2 nitrogen and oxygen atoms in total. The van der Waals surface area contributed by atoms with Crippen LogP contribution in [-0.4, -0.2) is 16.4 Å². The number of rotatable bonds is 3. The maximum atomic E-state index is 11.7. The molecule has 1 saturated carbocycles. The van der Waals surface area contributed by atoms with Gasteiger partial charge in [0.1, 0.15) is 0 Å². The van der Waals surface area contributed by atoms with Crippen molar-refractivity contribution in [3.63, 3.8) is 0 Å². The Hall–Kier alpha value is -0.0200. The fourth-order valence-corrected chi connectivity index (χ4v) is 2.57. The van der Waals surface area contributed by atoms with Gasteiger partial charge in [-0.2, -0.15) is 0 Å². The molecular weight excluding hydrogens is 182 g/mol. The molecule has 0 amide bonds. The van der Waals surface area contributed by atoms with Gasteiger partial charge < -0.3 is 5.73 Å². The van der Waals surface area contributed by atoms with Gasteiger partial charge in [-0.05, 0) is 18.8 Å². The molecule has 1 rings (SSSR count). The first-order valence-corrected chi connectivity index (χ1v) is 5.99. The van der Waals surface area contributed by atoms with E-state index in [4.69, 9.17) is 5.73 Å². The molecule has 0 saturated heterocycles. The number of thioether (sulfide) groups is 1. The standard InChI is InChI=1S/C10H19NOS/c1-8(2)7-13-9(12)10(11)5-3-4-6-10/h8H,3-7,11H2,1-2H3. The molecule has 0 atom stereocenters. The molecule has 0 aromatic heterocycles. The summed E-state index contributed by atoms with van der Waals surface area (Å²) in [6, 6.07) is 0. The third kappa shape index (κ3) is 2.99. The van der Waals surface area contributed by atoms with Crippen molar-refractivity contribution in [2.24, 2.45) is 11.7 Å². The summed E-state index contributed by atoms with van der Waals surface area (Å²) >= 11 is 1.42. The number of carbonyl (C=O) groups is 1. The molecule has 13 heavy (non-hydrogen) atoms. The molecule has 76 valence electrons. The van der Waals surface area contributed by atoms with Crippen molar-refractivity contribution in [1.29, 1.82) is 0 Å². The van der Waals surface area contributed by atoms with E-state index >= 15 is 0 Å². The minimum atomic E-state index is -0.487. The van der Waals surface area contributed by atoms with Crippen molar-refractivity contribution in [3.8, 4) is 0 Å². The highest BCUT2D eigenvalue weighted by atomic mass is 32.2. The van der Waals surface area contributed by atoms with Crippen molar-refractivity contribution in [2.75, 3.05) is 5.75 Å². The Labute approximate surface area is 84.6 Å². The van der Waals surface area contributed by atoms with E-state index in [9.17, 15) is 4.79 Å². The molecule has 0 aliphatic heterocycles. The van der Waals surface area contributed by atoms with Crippen LogP contribution in [0.5, 0.6) is 0 Å². The normalized spacial score (nSPS) is 20.9. The van der Waals surface area contributed by atoms with Crippen molar-refractivity contribution < 1.29 is 4.79 Å². The van der Waals surface area contributed by atoms with Crippen molar-refractivity contribution in [3.05, 3.63) is 0 Å². The first-order valence-electron chi connectivity index (χ1n) is 5.01. The molecule has 0 heterocycles. The fourth-order valence-electron chi connectivity index (χ4n) is 1.60. The van der Waals surface area contributed by atoms with Crippen LogP contribution in [0.4, 0.5) is 0 Å². The van der Waals surface area contributed by atoms with Gasteiger partial charge in [0.25, 0.3) is 0 Å². The molecule has 1 aliphatic carbocycles. The second-order valence-electron chi connectivity index (χ2n) is 4.36. The zero-order valence-corrected chi connectivity index (χ0v) is 9.32. The van der Waals surface area contributed by atoms with E-state index in [0.29, 0.717) is 5.92 Å². The molecule has 2 N–H and O–H groups in total. The van der Waals surface area contributed by atoms with Crippen LogP contribution < -0.4 is 5.73 Å². The number of hydrogen-bond acceptors (Lipinski definition) is 3. The number of nitrogens with two attached hydrogens (primary N) is 1. The van der Waals surface area contributed by atoms with Crippen molar-refractivity contribution >= 4 is 16.9 Å². The average molecular weight is 201 g/mol. The van der Waals surface area contributed by atoms with Gasteiger partial charge in [-0.25, -0.2) is 0 Å². The molecule has 0 unspecified atom stereocenters. The third-order valence-corrected chi connectivity index (χ3v) is 3.95. The van der Waals surface area contributed by atoms with Gasteiger partial charge in [0.05, 0.1) is 5.54 Å². The van der Waals surface area contributed by atoms with Gasteiger partial charge >= 0.3 is 0 Å². The van der Waals surface area contributed by atoms with E-state index in [2.05, 4.69) is 13.8 Å². The Morgan fingerprint density at radius 1 is 1.46 bits per heavy atom. The minimum Gasteiger partial charge on any atom is -0.318 e. The minimum absolute atomic E-state index is 0.207. The lowest BCUT2D eigenvalue weighted by Gasteiger charge is -2.21. The molecule has 0 radical (unpaired) electrons. The van der Waals surface area contributed by atoms with Crippen LogP contribution in [0, 0.1) is 5.92 Å². The number of carbonyl (C=O) groups excluding carboxylic acids is 1. The zero-order valence-electron chi connectivity index (χ0n) is 8.51. The summed E-state index contributed by atoms with van der Waals surface area (Å²) in [6.07, 6.45) is 4.00. The van der Waals surface area contributed by atoms with Crippen LogP contribution in [0.3, 0.4) is 0 Å². The largest absolute Gasteiger partial charge is 0.318 e. The van der Waals surface area contributed by atoms with Crippen molar-refractivity contribution in [2.45, 2.75) is 45.1 Å². The van der Waals surface area contributed by atoms with E-state index in [1.54, 1.807) is 0 Å². The lowest BCUT2D eigenvalue weighted by atomic mass is 10.0. The molecule has 0 bridgehead atoms. The maximum absolute atomic E-state index is 11.7. The molecule has 1 aliphatic rings. The Morgan fingerprint density at radius 3 is 2.46 bits per heavy atom. The van der Waals surface area contributed by atoms with Gasteiger partial charge in [-0.3, -0.25) is 4.79 Å². The van der Waals surface area contributed by atoms with Crippen LogP contribution in [0.25, 0.3) is 0 Å². The molecule has 0 aromatic carbocycles. The van der Waals surface area contributed by atoms with E-state index in [1.807, 2.05) is 0 Å². The van der Waals surface area contributed by atoms with Crippen LogP contribution in [0.15, 0.2) is 0 Å². The summed E-state index contributed by atoms with van der Waals surface area (Å²) in [6.45, 7) is 4.25. The predicted molar refractivity (Wildman–Crippen MR) is 57.7 cm³/mol. The van der Waals surface area contributed by atoms with Crippen LogP contribution in [0.1, 0.15) is 39.5 Å². The van der Waals surface area contributed by atoms with Gasteiger partial charge in [-0.1, -0.05) is 38.5 Å². The van der Waals surface area contributed by atoms with E-state index < -0.39 is 5.54 Å². The first-order chi connectivity index (χ1) is 6.04. The average Bonchev–Trinajstić information content (AvgIpc) is 2.49. The highest BCUT2D eigenvalue weighted by Crippen LogP contribution is 2.31. The SMILES string of the molecule is CC(C)CSC(=O)C1(N)CCCC1. The lowest BCUT2D eigenvalue weighted by Crippen LogP contribution is -2.43. The van der Waals surface area contributed by atoms with Crippen molar-refractivity contribution in [1.82, 2.24) is 0 Å². The maximum Gasteiger partial charge on any atom is 0.208 e. The highest BCUT2D eigenvalue weighted by molar-refractivity contribution is 8.13. The van der Waals surface area contributed by atoms with E-state index in [1.165, 1.54) is 11.8 Å². The van der Waals surface area contributed by atoms with Gasteiger partial charge in [0.15, 0.2) is 0 Å². The Morgan fingerprint density at radius 2 is 2.00 bits per heavy atom.